The molecule has 0 saturated heterocycles. The van der Waals surface area contributed by atoms with E-state index in [9.17, 15) is 0 Å². The molecule has 0 amide bonds. The Hall–Kier alpha value is -1.22. The summed E-state index contributed by atoms with van der Waals surface area (Å²) in [5.74, 6) is 0.723. The smallest absolute Gasteiger partial charge is 0.138 e. The van der Waals surface area contributed by atoms with Crippen LogP contribution in [0.2, 0.25) is 0 Å². The van der Waals surface area contributed by atoms with E-state index in [1.54, 1.807) is 13.1 Å². The maximum Gasteiger partial charge on any atom is 0.138 e. The highest BCUT2D eigenvalue weighted by atomic mass is 35.5. The van der Waals surface area contributed by atoms with E-state index in [0.29, 0.717) is 10.9 Å². The van der Waals surface area contributed by atoms with Gasteiger partial charge in [0.05, 0.1) is 0 Å². The highest BCUT2D eigenvalue weighted by Crippen LogP contribution is 2.18. The lowest BCUT2D eigenvalue weighted by Crippen LogP contribution is -2.20. The molecule has 0 aliphatic carbocycles. The number of allylic oxidation sites excluding steroid dienone is 1. The first-order valence-corrected chi connectivity index (χ1v) is 6.57. The molecule has 2 N–H and O–H groups in total. The lowest BCUT2D eigenvalue weighted by Gasteiger charge is -2.22. The average molecular weight is 270 g/mol. The van der Waals surface area contributed by atoms with Gasteiger partial charge >= 0.3 is 0 Å². The van der Waals surface area contributed by atoms with E-state index >= 15 is 0 Å². The molecule has 0 rings (SSSR count). The highest BCUT2D eigenvalue weighted by molar-refractivity contribution is 6.64. The second kappa shape index (κ2) is 8.81. The van der Waals surface area contributed by atoms with Crippen LogP contribution >= 0.6 is 11.6 Å². The van der Waals surface area contributed by atoms with Gasteiger partial charge in [-0.2, -0.15) is 0 Å². The second-order valence-corrected chi connectivity index (χ2v) is 4.71. The van der Waals surface area contributed by atoms with Gasteiger partial charge in [0.2, 0.25) is 0 Å². The monoisotopic (exact) mass is 269 g/mol. The van der Waals surface area contributed by atoms with Gasteiger partial charge in [0.1, 0.15) is 11.0 Å². The maximum absolute atomic E-state index is 5.87. The Morgan fingerprint density at radius 1 is 1.39 bits per heavy atom. The Labute approximate surface area is 116 Å². The standard InChI is InChI=1S/C14H24ClN3/c1-6-8-9-10-18(7-2)14(17-13(5)15)11(3)12(4)16/h7H,2,4,6,8-10,16H2,1,3,5H3/b14-11+,17-13?. The van der Waals surface area contributed by atoms with Gasteiger partial charge in [-0.25, -0.2) is 4.99 Å². The molecule has 0 atom stereocenters. The van der Waals surface area contributed by atoms with Gasteiger partial charge in [-0.05, 0) is 26.5 Å². The van der Waals surface area contributed by atoms with Crippen LogP contribution in [0.3, 0.4) is 0 Å². The van der Waals surface area contributed by atoms with Gasteiger partial charge in [-0.3, -0.25) is 0 Å². The van der Waals surface area contributed by atoms with Gasteiger partial charge in [0.25, 0.3) is 0 Å². The number of rotatable bonds is 8. The van der Waals surface area contributed by atoms with Crippen LogP contribution in [0, 0.1) is 0 Å². The molecule has 0 fully saturated rings. The van der Waals surface area contributed by atoms with E-state index in [2.05, 4.69) is 25.1 Å². The van der Waals surface area contributed by atoms with Crippen molar-refractivity contribution in [2.45, 2.75) is 40.0 Å². The van der Waals surface area contributed by atoms with Crippen LogP contribution in [0.4, 0.5) is 0 Å². The number of hydrogen-bond donors (Lipinski definition) is 1. The van der Waals surface area contributed by atoms with E-state index < -0.39 is 0 Å². The Kier molecular flexibility index (Phi) is 8.21. The molecule has 0 unspecified atom stereocenters. The van der Waals surface area contributed by atoms with E-state index in [1.165, 1.54) is 12.8 Å². The first kappa shape index (κ1) is 16.8. The molecular formula is C14H24ClN3. The van der Waals surface area contributed by atoms with Crippen LogP contribution in [0.15, 0.2) is 41.4 Å². The Morgan fingerprint density at radius 2 is 2.00 bits per heavy atom. The Bertz CT molecular complexity index is 352. The minimum Gasteiger partial charge on any atom is -0.399 e. The number of hydrogen-bond acceptors (Lipinski definition) is 3. The van der Waals surface area contributed by atoms with Crippen molar-refractivity contribution in [2.75, 3.05) is 6.54 Å². The molecular weight excluding hydrogens is 246 g/mol. The molecule has 0 aliphatic heterocycles. The third kappa shape index (κ3) is 5.92. The molecule has 0 bridgehead atoms. The van der Waals surface area contributed by atoms with Crippen molar-refractivity contribution in [2.24, 2.45) is 10.7 Å². The van der Waals surface area contributed by atoms with Crippen molar-refractivity contribution in [3.05, 3.63) is 36.4 Å². The fourth-order valence-corrected chi connectivity index (χ4v) is 1.55. The van der Waals surface area contributed by atoms with Crippen LogP contribution in [-0.4, -0.2) is 16.6 Å². The molecule has 3 nitrogen and oxygen atoms in total. The number of unbranched alkanes of at least 4 members (excludes halogenated alkanes) is 2. The molecule has 102 valence electrons. The molecule has 0 aromatic heterocycles. The van der Waals surface area contributed by atoms with Crippen LogP contribution in [-0.2, 0) is 0 Å². The summed E-state index contributed by atoms with van der Waals surface area (Å²) in [6, 6.07) is 0. The Balaban J connectivity index is 5.16. The molecule has 0 aromatic carbocycles. The van der Waals surface area contributed by atoms with Gasteiger partial charge in [-0.15, -0.1) is 0 Å². The van der Waals surface area contributed by atoms with Crippen LogP contribution in [0.5, 0.6) is 0 Å². The summed E-state index contributed by atoms with van der Waals surface area (Å²) in [6.45, 7) is 14.2. The molecule has 0 aromatic rings. The average Bonchev–Trinajstić information content (AvgIpc) is 2.31. The Morgan fingerprint density at radius 3 is 2.39 bits per heavy atom. The zero-order valence-corrected chi connectivity index (χ0v) is 12.4. The summed E-state index contributed by atoms with van der Waals surface area (Å²) < 4.78 is 0. The molecule has 0 saturated carbocycles. The van der Waals surface area contributed by atoms with Gasteiger partial charge in [0, 0.05) is 17.8 Å². The van der Waals surface area contributed by atoms with Gasteiger partial charge in [0.15, 0.2) is 0 Å². The molecule has 0 spiro atoms. The van der Waals surface area contributed by atoms with Crippen LogP contribution < -0.4 is 5.73 Å². The number of halogens is 1. The van der Waals surface area contributed by atoms with Crippen molar-refractivity contribution in [3.63, 3.8) is 0 Å². The molecule has 0 radical (unpaired) electrons. The zero-order chi connectivity index (χ0) is 14.1. The summed E-state index contributed by atoms with van der Waals surface area (Å²) in [5, 5.41) is 0.466. The van der Waals surface area contributed by atoms with Gasteiger partial charge < -0.3 is 10.6 Å². The third-order valence-corrected chi connectivity index (χ3v) is 2.66. The van der Waals surface area contributed by atoms with E-state index in [-0.39, 0.29) is 0 Å². The minimum atomic E-state index is 0.466. The quantitative estimate of drug-likeness (QED) is 0.411. The zero-order valence-electron chi connectivity index (χ0n) is 11.7. The SMILES string of the molecule is C=CN(CCCCC)/C(N=C(C)Cl)=C(\C)C(=C)N. The molecule has 18 heavy (non-hydrogen) atoms. The maximum atomic E-state index is 5.87. The lowest BCUT2D eigenvalue weighted by molar-refractivity contribution is 0.436. The van der Waals surface area contributed by atoms with Crippen molar-refractivity contribution in [1.82, 2.24) is 4.90 Å². The summed E-state index contributed by atoms with van der Waals surface area (Å²) >= 11 is 5.87. The van der Waals surface area contributed by atoms with Crippen molar-refractivity contribution in [3.8, 4) is 0 Å². The number of nitrogens with two attached hydrogens (primary N) is 1. The predicted octanol–water partition coefficient (Wildman–Crippen LogP) is 3.98. The summed E-state index contributed by atoms with van der Waals surface area (Å²) in [5.41, 5.74) is 7.05. The number of aliphatic imine (C=N–C) groups is 1. The fourth-order valence-electron chi connectivity index (χ4n) is 1.47. The summed E-state index contributed by atoms with van der Waals surface area (Å²) in [4.78, 5) is 6.29. The van der Waals surface area contributed by atoms with Crippen molar-refractivity contribution in [1.29, 1.82) is 0 Å². The first-order chi connectivity index (χ1) is 8.43. The highest BCUT2D eigenvalue weighted by Gasteiger charge is 2.10. The third-order valence-electron chi connectivity index (χ3n) is 2.57. The lowest BCUT2D eigenvalue weighted by atomic mass is 10.2. The van der Waals surface area contributed by atoms with Crippen molar-refractivity contribution >= 4 is 16.8 Å². The number of nitrogens with zero attached hydrogens (tertiary/aromatic N) is 2. The van der Waals surface area contributed by atoms with E-state index in [0.717, 1.165) is 24.4 Å². The molecule has 0 heterocycles. The minimum absolute atomic E-state index is 0.466. The summed E-state index contributed by atoms with van der Waals surface area (Å²) in [6.07, 6.45) is 5.17. The van der Waals surface area contributed by atoms with E-state index in [4.69, 9.17) is 17.3 Å². The second-order valence-electron chi connectivity index (χ2n) is 4.17. The van der Waals surface area contributed by atoms with Crippen LogP contribution in [0.1, 0.15) is 40.0 Å². The largest absolute Gasteiger partial charge is 0.399 e. The predicted molar refractivity (Wildman–Crippen MR) is 81.4 cm³/mol. The molecule has 0 aliphatic rings. The topological polar surface area (TPSA) is 41.6 Å². The first-order valence-electron chi connectivity index (χ1n) is 6.19. The van der Waals surface area contributed by atoms with Crippen molar-refractivity contribution < 1.29 is 0 Å². The molecule has 4 heteroatoms. The fraction of sp³-hybridized carbons (Fsp3) is 0.500. The van der Waals surface area contributed by atoms with Gasteiger partial charge in [-0.1, -0.05) is 44.5 Å². The normalized spacial score (nSPS) is 13.0. The van der Waals surface area contributed by atoms with Crippen LogP contribution in [0.25, 0.3) is 0 Å². The van der Waals surface area contributed by atoms with E-state index in [1.807, 2.05) is 11.8 Å². The summed E-state index contributed by atoms with van der Waals surface area (Å²) in [7, 11) is 0.